The summed E-state index contributed by atoms with van der Waals surface area (Å²) in [5.74, 6) is 0.415. The third kappa shape index (κ3) is 5.41. The van der Waals surface area contributed by atoms with Crippen molar-refractivity contribution in [2.24, 2.45) is 0 Å². The number of carbonyl (C=O) groups is 1. The van der Waals surface area contributed by atoms with E-state index in [4.69, 9.17) is 4.42 Å². The summed E-state index contributed by atoms with van der Waals surface area (Å²) in [6, 6.07) is 13.7. The molecule has 0 saturated heterocycles. The number of rotatable bonds is 8. The van der Waals surface area contributed by atoms with Crippen molar-refractivity contribution in [3.63, 3.8) is 0 Å². The fourth-order valence-electron chi connectivity index (χ4n) is 2.43. The molecule has 1 amide bonds. The lowest BCUT2D eigenvalue weighted by atomic mass is 10.2. The molecule has 2 heterocycles. The van der Waals surface area contributed by atoms with Crippen molar-refractivity contribution in [3.8, 4) is 0 Å². The van der Waals surface area contributed by atoms with Gasteiger partial charge in [0.2, 0.25) is 15.9 Å². The lowest BCUT2D eigenvalue weighted by Crippen LogP contribution is -2.23. The lowest BCUT2D eigenvalue weighted by Gasteiger charge is -2.13. The summed E-state index contributed by atoms with van der Waals surface area (Å²) in [6.07, 6.45) is 4.64. The normalized spacial score (nSPS) is 11.8. The molecule has 0 aliphatic carbocycles. The zero-order valence-corrected chi connectivity index (χ0v) is 16.9. The Kier molecular flexibility index (Phi) is 6.45. The van der Waals surface area contributed by atoms with Gasteiger partial charge in [-0.15, -0.1) is 11.3 Å². The number of benzene rings is 1. The molecule has 3 rings (SSSR count). The Morgan fingerprint density at radius 2 is 1.96 bits per heavy atom. The van der Waals surface area contributed by atoms with E-state index in [0.717, 1.165) is 10.4 Å². The molecular formula is C20H20N2O4S2. The number of nitrogens with zero attached hydrogens (tertiary/aromatic N) is 1. The van der Waals surface area contributed by atoms with Crippen LogP contribution in [0.3, 0.4) is 0 Å². The Morgan fingerprint density at radius 1 is 1.18 bits per heavy atom. The minimum Gasteiger partial charge on any atom is -0.468 e. The third-order valence-electron chi connectivity index (χ3n) is 3.97. The molecule has 0 saturated carbocycles. The van der Waals surface area contributed by atoms with Crippen molar-refractivity contribution in [2.45, 2.75) is 18.0 Å². The second kappa shape index (κ2) is 9.01. The number of carbonyl (C=O) groups excluding carboxylic acids is 1. The molecule has 1 aromatic carbocycles. The van der Waals surface area contributed by atoms with Gasteiger partial charge in [-0.2, -0.15) is 0 Å². The molecule has 3 aromatic rings. The summed E-state index contributed by atoms with van der Waals surface area (Å²) in [5.41, 5.74) is 0.739. The molecule has 6 nitrogen and oxygen atoms in total. The standard InChI is InChI=1S/C20H20N2O4S2/c1-22(15-18-5-3-13-27-18)20(23)11-8-16-6-9-19(10-7-16)28(24,25)21-14-17-4-2-12-26-17/h2-13,21H,14-15H2,1H3/b11-8+. The van der Waals surface area contributed by atoms with Gasteiger partial charge < -0.3 is 9.32 Å². The summed E-state index contributed by atoms with van der Waals surface area (Å²) < 4.78 is 32.2. The molecule has 146 valence electrons. The molecule has 8 heteroatoms. The van der Waals surface area contributed by atoms with Crippen molar-refractivity contribution in [1.29, 1.82) is 0 Å². The molecule has 0 aliphatic heterocycles. The van der Waals surface area contributed by atoms with Crippen LogP contribution >= 0.6 is 11.3 Å². The SMILES string of the molecule is CN(Cc1cccs1)C(=O)/C=C/c1ccc(S(=O)(=O)NCc2ccco2)cc1. The quantitative estimate of drug-likeness (QED) is 0.570. The Balaban J connectivity index is 1.58. The van der Waals surface area contributed by atoms with Gasteiger partial charge in [0, 0.05) is 18.0 Å². The van der Waals surface area contributed by atoms with Crippen LogP contribution in [0.15, 0.2) is 75.6 Å². The first kappa shape index (κ1) is 20.1. The highest BCUT2D eigenvalue weighted by Gasteiger charge is 2.14. The van der Waals surface area contributed by atoms with Gasteiger partial charge in [-0.3, -0.25) is 4.79 Å². The van der Waals surface area contributed by atoms with E-state index in [1.807, 2.05) is 17.5 Å². The molecule has 28 heavy (non-hydrogen) atoms. The Bertz CT molecular complexity index is 1020. The maximum absolute atomic E-state index is 12.3. The summed E-state index contributed by atoms with van der Waals surface area (Å²) in [6.45, 7) is 0.640. The van der Waals surface area contributed by atoms with Gasteiger partial charge in [-0.1, -0.05) is 18.2 Å². The molecule has 0 unspecified atom stereocenters. The number of likely N-dealkylation sites (N-methyl/N-ethyl adjacent to an activating group) is 1. The first-order chi connectivity index (χ1) is 13.4. The van der Waals surface area contributed by atoms with Crippen LogP contribution < -0.4 is 4.72 Å². The average molecular weight is 417 g/mol. The first-order valence-electron chi connectivity index (χ1n) is 8.52. The van der Waals surface area contributed by atoms with E-state index < -0.39 is 10.0 Å². The fraction of sp³-hybridized carbons (Fsp3) is 0.150. The summed E-state index contributed by atoms with van der Waals surface area (Å²) in [4.78, 5) is 15.1. The van der Waals surface area contributed by atoms with Crippen molar-refractivity contribution < 1.29 is 17.6 Å². The number of furan rings is 1. The molecule has 0 aliphatic rings. The van der Waals surface area contributed by atoms with E-state index in [0.29, 0.717) is 12.3 Å². The molecule has 0 fully saturated rings. The van der Waals surface area contributed by atoms with Crippen LogP contribution in [0.1, 0.15) is 16.2 Å². The van der Waals surface area contributed by atoms with Gasteiger partial charge in [0.1, 0.15) is 5.76 Å². The highest BCUT2D eigenvalue weighted by Crippen LogP contribution is 2.14. The van der Waals surface area contributed by atoms with Gasteiger partial charge in [-0.25, -0.2) is 13.1 Å². The van der Waals surface area contributed by atoms with Crippen molar-refractivity contribution in [3.05, 3.63) is 82.5 Å². The number of nitrogens with one attached hydrogen (secondary N) is 1. The second-order valence-corrected chi connectivity index (χ2v) is 8.88. The molecule has 0 radical (unpaired) electrons. The van der Waals surface area contributed by atoms with Crippen LogP contribution in [0, 0.1) is 0 Å². The van der Waals surface area contributed by atoms with Crippen LogP contribution in [0.2, 0.25) is 0 Å². The smallest absolute Gasteiger partial charge is 0.246 e. The zero-order valence-electron chi connectivity index (χ0n) is 15.2. The molecule has 0 atom stereocenters. The third-order valence-corrected chi connectivity index (χ3v) is 6.25. The molecule has 0 spiro atoms. The van der Waals surface area contributed by atoms with E-state index in [1.54, 1.807) is 53.6 Å². The predicted octanol–water partition coefficient (Wildman–Crippen LogP) is 3.49. The Hall–Kier alpha value is -2.68. The highest BCUT2D eigenvalue weighted by molar-refractivity contribution is 7.89. The summed E-state index contributed by atoms with van der Waals surface area (Å²) in [7, 11) is -1.89. The first-order valence-corrected chi connectivity index (χ1v) is 10.9. The largest absolute Gasteiger partial charge is 0.468 e. The predicted molar refractivity (Wildman–Crippen MR) is 109 cm³/mol. The number of hydrogen-bond donors (Lipinski definition) is 1. The van der Waals surface area contributed by atoms with Crippen molar-refractivity contribution >= 4 is 33.3 Å². The highest BCUT2D eigenvalue weighted by atomic mass is 32.2. The van der Waals surface area contributed by atoms with E-state index in [1.165, 1.54) is 24.5 Å². The van der Waals surface area contributed by atoms with Crippen LogP contribution in [0.4, 0.5) is 0 Å². The van der Waals surface area contributed by atoms with E-state index in [2.05, 4.69) is 4.72 Å². The van der Waals surface area contributed by atoms with E-state index >= 15 is 0 Å². The van der Waals surface area contributed by atoms with Gasteiger partial charge >= 0.3 is 0 Å². The van der Waals surface area contributed by atoms with Gasteiger partial charge in [-0.05, 0) is 47.4 Å². The second-order valence-electron chi connectivity index (χ2n) is 6.08. The lowest BCUT2D eigenvalue weighted by molar-refractivity contribution is -0.125. The maximum Gasteiger partial charge on any atom is 0.246 e. The van der Waals surface area contributed by atoms with Gasteiger partial charge in [0.15, 0.2) is 0 Å². The maximum atomic E-state index is 12.3. The van der Waals surface area contributed by atoms with Crippen LogP contribution in [0.5, 0.6) is 0 Å². The Morgan fingerprint density at radius 3 is 2.61 bits per heavy atom. The summed E-state index contributed by atoms with van der Waals surface area (Å²) in [5, 5.41) is 1.97. The van der Waals surface area contributed by atoms with Crippen molar-refractivity contribution in [2.75, 3.05) is 7.05 Å². The fourth-order valence-corrected chi connectivity index (χ4v) is 4.18. The monoisotopic (exact) mass is 416 g/mol. The number of hydrogen-bond acceptors (Lipinski definition) is 5. The van der Waals surface area contributed by atoms with Crippen LogP contribution in [0.25, 0.3) is 6.08 Å². The minimum absolute atomic E-state index is 0.0854. The van der Waals surface area contributed by atoms with E-state index in [-0.39, 0.29) is 17.3 Å². The topological polar surface area (TPSA) is 79.6 Å². The molecule has 0 bridgehead atoms. The van der Waals surface area contributed by atoms with Gasteiger partial charge in [0.05, 0.1) is 24.2 Å². The number of amides is 1. The summed E-state index contributed by atoms with van der Waals surface area (Å²) >= 11 is 1.60. The Labute approximate surface area is 168 Å². The zero-order chi connectivity index (χ0) is 20.0. The van der Waals surface area contributed by atoms with Crippen LogP contribution in [-0.4, -0.2) is 26.3 Å². The number of thiophene rings is 1. The van der Waals surface area contributed by atoms with Crippen LogP contribution in [-0.2, 0) is 27.9 Å². The molecular weight excluding hydrogens is 396 g/mol. The number of sulfonamides is 1. The van der Waals surface area contributed by atoms with Gasteiger partial charge in [0.25, 0.3) is 0 Å². The molecule has 2 aromatic heterocycles. The average Bonchev–Trinajstić information content (AvgIpc) is 3.39. The minimum atomic E-state index is -3.64. The van der Waals surface area contributed by atoms with Crippen molar-refractivity contribution in [1.82, 2.24) is 9.62 Å². The van der Waals surface area contributed by atoms with E-state index in [9.17, 15) is 13.2 Å². The molecule has 1 N–H and O–H groups in total.